The van der Waals surface area contributed by atoms with Crippen molar-refractivity contribution in [3.05, 3.63) is 23.8 Å². The summed E-state index contributed by atoms with van der Waals surface area (Å²) in [5.41, 5.74) is 5.24. The number of nitrogens with one attached hydrogen (secondary N) is 1. The smallest absolute Gasteiger partial charge is 0.227 e. The average Bonchev–Trinajstić information content (AvgIpc) is 2.96. The first-order valence-corrected chi connectivity index (χ1v) is 5.05. The number of benzene rings is 1. The van der Waals surface area contributed by atoms with Crippen LogP contribution >= 0.6 is 0 Å². The molecule has 1 fully saturated rings. The highest BCUT2D eigenvalue weighted by atomic mass is 19.2. The van der Waals surface area contributed by atoms with Crippen molar-refractivity contribution in [2.75, 3.05) is 11.1 Å². The number of amides is 1. The van der Waals surface area contributed by atoms with Crippen LogP contribution in [-0.2, 0) is 4.79 Å². The van der Waals surface area contributed by atoms with E-state index in [2.05, 4.69) is 5.32 Å². The average molecular weight is 226 g/mol. The molecule has 3 nitrogen and oxygen atoms in total. The van der Waals surface area contributed by atoms with E-state index in [0.717, 1.165) is 12.5 Å². The Morgan fingerprint density at radius 3 is 2.69 bits per heavy atom. The van der Waals surface area contributed by atoms with Crippen molar-refractivity contribution in [2.24, 2.45) is 11.8 Å². The van der Waals surface area contributed by atoms with Crippen molar-refractivity contribution < 1.29 is 13.6 Å². The van der Waals surface area contributed by atoms with E-state index in [1.54, 1.807) is 0 Å². The van der Waals surface area contributed by atoms with E-state index in [9.17, 15) is 13.6 Å². The third-order valence-corrected chi connectivity index (χ3v) is 2.82. The molecule has 2 unspecified atom stereocenters. The molecule has 0 bridgehead atoms. The van der Waals surface area contributed by atoms with Crippen LogP contribution in [0.5, 0.6) is 0 Å². The number of halogens is 2. The van der Waals surface area contributed by atoms with Crippen LogP contribution < -0.4 is 11.1 Å². The Kier molecular flexibility index (Phi) is 2.53. The van der Waals surface area contributed by atoms with Crippen LogP contribution in [0.25, 0.3) is 0 Å². The minimum Gasteiger partial charge on any atom is -0.397 e. The molecule has 1 aliphatic rings. The molecule has 1 aliphatic carbocycles. The Bertz CT molecular complexity index is 448. The first-order chi connectivity index (χ1) is 7.50. The molecular weight excluding hydrogens is 214 g/mol. The minimum atomic E-state index is -1.11. The molecule has 0 spiro atoms. The molecule has 5 heteroatoms. The SMILES string of the molecule is CC1CC1C(=O)Nc1c(N)ccc(F)c1F. The van der Waals surface area contributed by atoms with Gasteiger partial charge in [0.25, 0.3) is 0 Å². The van der Waals surface area contributed by atoms with Gasteiger partial charge in [0.05, 0.1) is 5.69 Å². The summed E-state index contributed by atoms with van der Waals surface area (Å²) in [5, 5.41) is 2.33. The lowest BCUT2D eigenvalue weighted by molar-refractivity contribution is -0.117. The lowest BCUT2D eigenvalue weighted by Gasteiger charge is -2.09. The summed E-state index contributed by atoms with van der Waals surface area (Å²) in [6.07, 6.45) is 0.780. The molecule has 0 aliphatic heterocycles. The monoisotopic (exact) mass is 226 g/mol. The number of anilines is 2. The van der Waals surface area contributed by atoms with Crippen molar-refractivity contribution in [2.45, 2.75) is 13.3 Å². The molecule has 1 amide bonds. The second-order valence-electron chi connectivity index (χ2n) is 4.13. The summed E-state index contributed by atoms with van der Waals surface area (Å²) >= 11 is 0. The highest BCUT2D eigenvalue weighted by Crippen LogP contribution is 2.39. The van der Waals surface area contributed by atoms with Gasteiger partial charge >= 0.3 is 0 Å². The summed E-state index contributed by atoms with van der Waals surface area (Å²) in [6.45, 7) is 1.93. The van der Waals surface area contributed by atoms with Crippen LogP contribution in [-0.4, -0.2) is 5.91 Å². The second kappa shape index (κ2) is 3.73. The fourth-order valence-electron chi connectivity index (χ4n) is 1.60. The van der Waals surface area contributed by atoms with Crippen LogP contribution in [0, 0.1) is 23.5 Å². The first kappa shape index (κ1) is 10.9. The van der Waals surface area contributed by atoms with Crippen molar-refractivity contribution >= 4 is 17.3 Å². The molecule has 3 N–H and O–H groups in total. The molecule has 2 rings (SSSR count). The molecule has 1 aromatic rings. The predicted molar refractivity (Wildman–Crippen MR) is 56.7 cm³/mol. The summed E-state index contributed by atoms with van der Waals surface area (Å²) in [6, 6.07) is 2.16. The minimum absolute atomic E-state index is 0.0283. The highest BCUT2D eigenvalue weighted by molar-refractivity contribution is 5.97. The van der Waals surface area contributed by atoms with E-state index >= 15 is 0 Å². The Hall–Kier alpha value is -1.65. The normalized spacial score (nSPS) is 22.9. The van der Waals surface area contributed by atoms with Gasteiger partial charge in [-0.2, -0.15) is 0 Å². The predicted octanol–water partition coefficient (Wildman–Crippen LogP) is 2.14. The molecule has 1 aromatic carbocycles. The van der Waals surface area contributed by atoms with Crippen molar-refractivity contribution in [1.82, 2.24) is 0 Å². The topological polar surface area (TPSA) is 55.1 Å². The molecule has 0 radical (unpaired) electrons. The second-order valence-corrected chi connectivity index (χ2v) is 4.13. The van der Waals surface area contributed by atoms with Gasteiger partial charge in [-0.15, -0.1) is 0 Å². The number of nitrogens with two attached hydrogens (primary N) is 1. The van der Waals surface area contributed by atoms with Crippen LogP contribution in [0.1, 0.15) is 13.3 Å². The van der Waals surface area contributed by atoms with E-state index in [-0.39, 0.29) is 23.2 Å². The lowest BCUT2D eigenvalue weighted by Crippen LogP contribution is -2.17. The molecule has 2 atom stereocenters. The first-order valence-electron chi connectivity index (χ1n) is 5.05. The number of hydrogen-bond acceptors (Lipinski definition) is 2. The number of hydrogen-bond donors (Lipinski definition) is 2. The third-order valence-electron chi connectivity index (χ3n) is 2.82. The summed E-state index contributed by atoms with van der Waals surface area (Å²) in [4.78, 5) is 11.5. The Morgan fingerprint density at radius 2 is 2.12 bits per heavy atom. The van der Waals surface area contributed by atoms with Gasteiger partial charge in [-0.05, 0) is 24.5 Å². The molecule has 1 saturated carbocycles. The van der Waals surface area contributed by atoms with E-state index in [1.807, 2.05) is 6.92 Å². The van der Waals surface area contributed by atoms with Crippen molar-refractivity contribution in [3.8, 4) is 0 Å². The van der Waals surface area contributed by atoms with Crippen molar-refractivity contribution in [1.29, 1.82) is 0 Å². The maximum absolute atomic E-state index is 13.3. The third kappa shape index (κ3) is 1.85. The zero-order valence-corrected chi connectivity index (χ0v) is 8.76. The van der Waals surface area contributed by atoms with E-state index < -0.39 is 11.6 Å². The zero-order chi connectivity index (χ0) is 11.9. The fraction of sp³-hybridized carbons (Fsp3) is 0.364. The fourth-order valence-corrected chi connectivity index (χ4v) is 1.60. The maximum atomic E-state index is 13.3. The van der Waals surface area contributed by atoms with Crippen LogP contribution in [0.4, 0.5) is 20.2 Å². The summed E-state index contributed by atoms with van der Waals surface area (Å²) in [5.74, 6) is -2.24. The summed E-state index contributed by atoms with van der Waals surface area (Å²) in [7, 11) is 0. The Labute approximate surface area is 91.6 Å². The van der Waals surface area contributed by atoms with E-state index in [1.165, 1.54) is 6.07 Å². The van der Waals surface area contributed by atoms with Crippen LogP contribution in [0.15, 0.2) is 12.1 Å². The number of carbonyl (C=O) groups is 1. The molecule has 16 heavy (non-hydrogen) atoms. The van der Waals surface area contributed by atoms with Crippen LogP contribution in [0.2, 0.25) is 0 Å². The van der Waals surface area contributed by atoms with Crippen molar-refractivity contribution in [3.63, 3.8) is 0 Å². The zero-order valence-electron chi connectivity index (χ0n) is 8.76. The van der Waals surface area contributed by atoms with Gasteiger partial charge in [0.2, 0.25) is 5.91 Å². The van der Waals surface area contributed by atoms with Gasteiger partial charge in [0.1, 0.15) is 5.69 Å². The maximum Gasteiger partial charge on any atom is 0.227 e. The highest BCUT2D eigenvalue weighted by Gasteiger charge is 2.39. The van der Waals surface area contributed by atoms with Crippen LogP contribution in [0.3, 0.4) is 0 Å². The summed E-state index contributed by atoms with van der Waals surface area (Å²) < 4.78 is 26.3. The molecule has 86 valence electrons. The van der Waals surface area contributed by atoms with Gasteiger partial charge in [0.15, 0.2) is 11.6 Å². The van der Waals surface area contributed by atoms with Gasteiger partial charge in [-0.3, -0.25) is 4.79 Å². The van der Waals surface area contributed by atoms with Gasteiger partial charge in [0, 0.05) is 5.92 Å². The number of nitrogen functional groups attached to an aromatic ring is 1. The quantitative estimate of drug-likeness (QED) is 0.759. The molecule has 0 saturated heterocycles. The molecule has 0 heterocycles. The number of carbonyl (C=O) groups excluding carboxylic acids is 1. The lowest BCUT2D eigenvalue weighted by atomic mass is 10.2. The Morgan fingerprint density at radius 1 is 1.50 bits per heavy atom. The van der Waals surface area contributed by atoms with E-state index in [4.69, 9.17) is 5.73 Å². The van der Waals surface area contributed by atoms with Gasteiger partial charge < -0.3 is 11.1 Å². The number of rotatable bonds is 2. The molecule has 0 aromatic heterocycles. The van der Waals surface area contributed by atoms with Gasteiger partial charge in [-0.1, -0.05) is 6.92 Å². The standard InChI is InChI=1S/C11H12F2N2O/c1-5-4-6(5)11(16)15-10-8(14)3-2-7(12)9(10)13/h2-3,5-6H,4,14H2,1H3,(H,15,16). The van der Waals surface area contributed by atoms with E-state index in [0.29, 0.717) is 5.92 Å². The van der Waals surface area contributed by atoms with Gasteiger partial charge in [-0.25, -0.2) is 8.78 Å². The Balaban J connectivity index is 2.20. The molecular formula is C11H12F2N2O. The largest absolute Gasteiger partial charge is 0.397 e.